The van der Waals surface area contributed by atoms with E-state index in [0.29, 0.717) is 36.5 Å². The molecule has 0 aromatic heterocycles. The molecule has 5 nitrogen and oxygen atoms in total. The van der Waals surface area contributed by atoms with Gasteiger partial charge in [0.05, 0.1) is 4.90 Å². The zero-order valence-corrected chi connectivity index (χ0v) is 17.1. The van der Waals surface area contributed by atoms with Gasteiger partial charge in [0.15, 0.2) is 0 Å². The Bertz CT molecular complexity index is 979. The summed E-state index contributed by atoms with van der Waals surface area (Å²) in [7, 11) is -3.50. The molecular weight excluding hydrogens is 360 g/mol. The summed E-state index contributed by atoms with van der Waals surface area (Å²) in [4.78, 5) is 15.1. The van der Waals surface area contributed by atoms with Crippen LogP contribution in [-0.4, -0.2) is 38.3 Å². The van der Waals surface area contributed by atoms with Gasteiger partial charge in [-0.2, -0.15) is 4.31 Å². The first-order chi connectivity index (χ1) is 12.8. The van der Waals surface area contributed by atoms with Gasteiger partial charge in [-0.05, 0) is 55.7 Å². The largest absolute Gasteiger partial charge is 0.308 e. The Hall–Kier alpha value is -2.18. The average molecular weight is 387 g/mol. The van der Waals surface area contributed by atoms with Crippen molar-refractivity contribution in [1.29, 1.82) is 0 Å². The van der Waals surface area contributed by atoms with E-state index in [1.807, 2.05) is 45.9 Å². The summed E-state index contributed by atoms with van der Waals surface area (Å²) in [5, 5.41) is 0. The van der Waals surface area contributed by atoms with Crippen molar-refractivity contribution in [3.63, 3.8) is 0 Å². The van der Waals surface area contributed by atoms with Gasteiger partial charge in [0.2, 0.25) is 10.0 Å². The summed E-state index contributed by atoms with van der Waals surface area (Å²) in [6.45, 7) is 9.01. The Labute approximate surface area is 161 Å². The van der Waals surface area contributed by atoms with Crippen molar-refractivity contribution in [2.75, 3.05) is 24.5 Å². The molecule has 0 saturated carbocycles. The van der Waals surface area contributed by atoms with Crippen LogP contribution in [0.4, 0.5) is 5.69 Å². The van der Waals surface area contributed by atoms with E-state index in [9.17, 15) is 13.2 Å². The van der Waals surface area contributed by atoms with Gasteiger partial charge in [-0.25, -0.2) is 8.42 Å². The zero-order chi connectivity index (χ0) is 19.8. The van der Waals surface area contributed by atoms with Crippen LogP contribution >= 0.6 is 0 Å². The predicted octanol–water partition coefficient (Wildman–Crippen LogP) is 3.54. The lowest BCUT2D eigenvalue weighted by Crippen LogP contribution is -2.31. The second-order valence-corrected chi connectivity index (χ2v) is 8.84. The van der Waals surface area contributed by atoms with E-state index < -0.39 is 10.0 Å². The molecule has 1 aliphatic heterocycles. The predicted molar refractivity (Wildman–Crippen MR) is 108 cm³/mol. The second kappa shape index (κ2) is 7.44. The summed E-state index contributed by atoms with van der Waals surface area (Å²) in [5.41, 5.74) is 4.40. The van der Waals surface area contributed by atoms with Crippen molar-refractivity contribution in [1.82, 2.24) is 4.31 Å². The third-order valence-electron chi connectivity index (χ3n) is 5.16. The highest BCUT2D eigenvalue weighted by molar-refractivity contribution is 7.89. The van der Waals surface area contributed by atoms with E-state index in [4.69, 9.17) is 0 Å². The Morgan fingerprint density at radius 3 is 2.44 bits per heavy atom. The Morgan fingerprint density at radius 2 is 1.78 bits per heavy atom. The van der Waals surface area contributed by atoms with Crippen LogP contribution in [0.5, 0.6) is 0 Å². The van der Waals surface area contributed by atoms with Crippen LogP contribution in [-0.2, 0) is 16.4 Å². The number of carbonyl (C=O) groups is 1. The lowest BCUT2D eigenvalue weighted by atomic mass is 10.0. The summed E-state index contributed by atoms with van der Waals surface area (Å²) in [6, 6.07) is 11.0. The number of fused-ring (bicyclic) bond motifs is 1. The molecule has 2 aromatic carbocycles. The first-order valence-electron chi connectivity index (χ1n) is 9.31. The smallest absolute Gasteiger partial charge is 0.258 e. The summed E-state index contributed by atoms with van der Waals surface area (Å²) in [5.74, 6) is -0.0331. The van der Waals surface area contributed by atoms with Crippen LogP contribution < -0.4 is 4.90 Å². The molecule has 0 fully saturated rings. The molecule has 6 heteroatoms. The minimum absolute atomic E-state index is 0.0331. The van der Waals surface area contributed by atoms with Crippen LogP contribution in [0.25, 0.3) is 0 Å². The number of sulfonamides is 1. The van der Waals surface area contributed by atoms with Crippen molar-refractivity contribution < 1.29 is 13.2 Å². The molecule has 0 aliphatic carbocycles. The number of amides is 1. The number of benzene rings is 2. The topological polar surface area (TPSA) is 57.7 Å². The number of hydrogen-bond acceptors (Lipinski definition) is 3. The molecule has 0 radical (unpaired) electrons. The highest BCUT2D eigenvalue weighted by atomic mass is 32.2. The van der Waals surface area contributed by atoms with E-state index in [0.717, 1.165) is 22.4 Å². The van der Waals surface area contributed by atoms with Gasteiger partial charge in [-0.1, -0.05) is 31.5 Å². The Balaban J connectivity index is 1.95. The Morgan fingerprint density at radius 1 is 1.07 bits per heavy atom. The molecular formula is C21H26N2O3S. The van der Waals surface area contributed by atoms with Crippen molar-refractivity contribution in [3.8, 4) is 0 Å². The van der Waals surface area contributed by atoms with Gasteiger partial charge < -0.3 is 4.90 Å². The Kier molecular flexibility index (Phi) is 5.40. The molecule has 0 spiro atoms. The van der Waals surface area contributed by atoms with Crippen LogP contribution in [0.3, 0.4) is 0 Å². The van der Waals surface area contributed by atoms with Gasteiger partial charge in [0.1, 0.15) is 0 Å². The quantitative estimate of drug-likeness (QED) is 0.790. The number of anilines is 1. The molecule has 1 heterocycles. The minimum atomic E-state index is -3.50. The summed E-state index contributed by atoms with van der Waals surface area (Å²) >= 11 is 0. The molecule has 144 valence electrons. The third-order valence-corrected chi connectivity index (χ3v) is 7.20. The van der Waals surface area contributed by atoms with E-state index in [1.165, 1.54) is 4.31 Å². The van der Waals surface area contributed by atoms with E-state index in [1.54, 1.807) is 23.1 Å². The summed E-state index contributed by atoms with van der Waals surface area (Å²) < 4.78 is 27.0. The number of carbonyl (C=O) groups excluding carboxylic acids is 1. The molecule has 0 bridgehead atoms. The maximum Gasteiger partial charge on any atom is 0.258 e. The van der Waals surface area contributed by atoms with Crippen LogP contribution in [0.1, 0.15) is 40.9 Å². The lowest BCUT2D eigenvalue weighted by Gasteiger charge is -2.21. The third kappa shape index (κ3) is 3.51. The molecule has 0 unspecified atom stereocenters. The molecule has 0 saturated heterocycles. The molecule has 2 aromatic rings. The molecule has 3 rings (SSSR count). The standard InChI is InChI=1S/C21H26N2O3S/c1-5-22(6-2)27(25,26)18-9-10-20-17(14-18)11-12-23(20)21(24)19-13-15(3)7-8-16(19)4/h7-10,13-14H,5-6,11-12H2,1-4H3. The van der Waals surface area contributed by atoms with E-state index in [-0.39, 0.29) is 5.91 Å². The molecule has 0 atom stereocenters. The molecule has 0 N–H and O–H groups in total. The lowest BCUT2D eigenvalue weighted by molar-refractivity contribution is 0.0988. The van der Waals surface area contributed by atoms with Crippen molar-refractivity contribution in [3.05, 3.63) is 58.7 Å². The second-order valence-electron chi connectivity index (χ2n) is 6.91. The normalized spacial score (nSPS) is 13.9. The van der Waals surface area contributed by atoms with Gasteiger partial charge in [0.25, 0.3) is 5.91 Å². The number of nitrogens with zero attached hydrogens (tertiary/aromatic N) is 2. The SMILES string of the molecule is CCN(CC)S(=O)(=O)c1ccc2c(c1)CCN2C(=O)c1cc(C)ccc1C. The van der Waals surface area contributed by atoms with Gasteiger partial charge in [-0.15, -0.1) is 0 Å². The van der Waals surface area contributed by atoms with E-state index >= 15 is 0 Å². The maximum absolute atomic E-state index is 13.1. The summed E-state index contributed by atoms with van der Waals surface area (Å²) in [6.07, 6.45) is 0.660. The fraction of sp³-hybridized carbons (Fsp3) is 0.381. The molecule has 1 amide bonds. The highest BCUT2D eigenvalue weighted by Gasteiger charge is 2.29. The zero-order valence-electron chi connectivity index (χ0n) is 16.3. The maximum atomic E-state index is 13.1. The van der Waals surface area contributed by atoms with E-state index in [2.05, 4.69) is 0 Å². The first kappa shape index (κ1) is 19.6. The highest BCUT2D eigenvalue weighted by Crippen LogP contribution is 2.32. The van der Waals surface area contributed by atoms with Crippen molar-refractivity contribution >= 4 is 21.6 Å². The number of aryl methyl sites for hydroxylation is 2. The molecule has 27 heavy (non-hydrogen) atoms. The fourth-order valence-corrected chi connectivity index (χ4v) is 5.08. The van der Waals surface area contributed by atoms with Crippen LogP contribution in [0.2, 0.25) is 0 Å². The van der Waals surface area contributed by atoms with Crippen LogP contribution in [0, 0.1) is 13.8 Å². The first-order valence-corrected chi connectivity index (χ1v) is 10.8. The van der Waals surface area contributed by atoms with Crippen molar-refractivity contribution in [2.45, 2.75) is 39.0 Å². The van der Waals surface area contributed by atoms with Gasteiger partial charge in [0, 0.05) is 30.9 Å². The minimum Gasteiger partial charge on any atom is -0.308 e. The monoisotopic (exact) mass is 386 g/mol. The fourth-order valence-electron chi connectivity index (χ4n) is 3.57. The van der Waals surface area contributed by atoms with Gasteiger partial charge in [-0.3, -0.25) is 4.79 Å². The van der Waals surface area contributed by atoms with Gasteiger partial charge >= 0.3 is 0 Å². The number of hydrogen-bond donors (Lipinski definition) is 0. The average Bonchev–Trinajstić information content (AvgIpc) is 3.07. The number of rotatable bonds is 5. The van der Waals surface area contributed by atoms with Crippen LogP contribution in [0.15, 0.2) is 41.3 Å². The van der Waals surface area contributed by atoms with Crippen molar-refractivity contribution in [2.24, 2.45) is 0 Å². The molecule has 1 aliphatic rings.